The molecule has 0 bridgehead atoms. The highest BCUT2D eigenvalue weighted by Crippen LogP contribution is 2.30. The highest BCUT2D eigenvalue weighted by molar-refractivity contribution is 7.85. The van der Waals surface area contributed by atoms with E-state index in [1.165, 1.54) is 24.4 Å². The van der Waals surface area contributed by atoms with Crippen LogP contribution in [0, 0.1) is 12.7 Å². The molecule has 0 spiro atoms. The number of piperidine rings is 1. The predicted molar refractivity (Wildman–Crippen MR) is 134 cm³/mol. The molecule has 4 aromatic rings. The van der Waals surface area contributed by atoms with Crippen LogP contribution in [0.5, 0.6) is 5.75 Å². The minimum Gasteiger partial charge on any atom is -0.420 e. The number of rotatable bonds is 4. The van der Waals surface area contributed by atoms with Crippen LogP contribution in [0.25, 0.3) is 11.5 Å². The van der Waals surface area contributed by atoms with Crippen LogP contribution in [-0.2, 0) is 10.1 Å². The van der Waals surface area contributed by atoms with Crippen molar-refractivity contribution in [3.05, 3.63) is 90.3 Å². The number of halogens is 1. The number of benzene rings is 2. The van der Waals surface area contributed by atoms with Gasteiger partial charge in [0, 0.05) is 25.2 Å². The molecule has 1 aliphatic rings. The first-order valence-corrected chi connectivity index (χ1v) is 13.1. The molecule has 1 saturated heterocycles. The van der Waals surface area contributed by atoms with Crippen LogP contribution >= 0.6 is 0 Å². The normalized spacial score (nSPS) is 13.9. The Hall–Kier alpha value is -4.16. The number of hydrogen-bond acceptors (Lipinski definition) is 8. The zero-order chi connectivity index (χ0) is 27.1. The van der Waals surface area contributed by atoms with E-state index < -0.39 is 22.0 Å². The molecule has 10 nitrogen and oxygen atoms in total. The Morgan fingerprint density at radius 2 is 1.76 bits per heavy atom. The lowest BCUT2D eigenvalue weighted by Crippen LogP contribution is -2.39. The van der Waals surface area contributed by atoms with Gasteiger partial charge in [-0.25, -0.2) is 9.18 Å². The quantitative estimate of drug-likeness (QED) is 0.359. The standard InChI is InChI=1S/C19H17FN4O3.C7H8O3S/c20-16-6-2-1-5-15(16)18-23-22-17(27-18)13-7-10-24(11-8-13)19(25)26-14-4-3-9-21-12-14;1-6-2-4-7(5-3-6)11(8,9)10/h1-6,9,12-13H,7-8,10-11H2;2-5H,1H3,(H,8,9,10). The number of likely N-dealkylation sites (tertiary alicyclic amines) is 1. The lowest BCUT2D eigenvalue weighted by Gasteiger charge is -2.29. The van der Waals surface area contributed by atoms with Gasteiger partial charge in [-0.2, -0.15) is 8.42 Å². The van der Waals surface area contributed by atoms with Gasteiger partial charge in [0.25, 0.3) is 16.0 Å². The molecule has 38 heavy (non-hydrogen) atoms. The highest BCUT2D eigenvalue weighted by atomic mass is 32.2. The summed E-state index contributed by atoms with van der Waals surface area (Å²) >= 11 is 0. The van der Waals surface area contributed by atoms with Gasteiger partial charge >= 0.3 is 6.09 Å². The molecular weight excluding hydrogens is 515 g/mol. The molecule has 1 amide bonds. The fourth-order valence-electron chi connectivity index (χ4n) is 3.74. The van der Waals surface area contributed by atoms with Gasteiger partial charge < -0.3 is 14.1 Å². The lowest BCUT2D eigenvalue weighted by molar-refractivity contribution is 0.136. The van der Waals surface area contributed by atoms with E-state index in [0.29, 0.717) is 37.6 Å². The summed E-state index contributed by atoms with van der Waals surface area (Å²) in [5.41, 5.74) is 1.24. The Labute approximate surface area is 218 Å². The van der Waals surface area contributed by atoms with E-state index >= 15 is 0 Å². The Morgan fingerprint density at radius 1 is 1.05 bits per heavy atom. The monoisotopic (exact) mass is 540 g/mol. The van der Waals surface area contributed by atoms with Crippen molar-refractivity contribution in [2.45, 2.75) is 30.6 Å². The molecule has 1 aliphatic heterocycles. The minimum absolute atomic E-state index is 0.0282. The maximum atomic E-state index is 13.9. The van der Waals surface area contributed by atoms with Crippen LogP contribution < -0.4 is 4.74 Å². The van der Waals surface area contributed by atoms with Gasteiger partial charge in [-0.15, -0.1) is 10.2 Å². The van der Waals surface area contributed by atoms with Crippen LogP contribution in [-0.4, -0.2) is 52.2 Å². The molecule has 12 heteroatoms. The van der Waals surface area contributed by atoms with Crippen molar-refractivity contribution >= 4 is 16.2 Å². The Balaban J connectivity index is 0.000000257. The number of carbonyl (C=O) groups excluding carboxylic acids is 1. The van der Waals surface area contributed by atoms with E-state index in [1.54, 1.807) is 53.6 Å². The maximum Gasteiger partial charge on any atom is 0.415 e. The number of pyridine rings is 1. The number of aryl methyl sites for hydroxylation is 1. The van der Waals surface area contributed by atoms with Crippen LogP contribution in [0.3, 0.4) is 0 Å². The molecule has 198 valence electrons. The van der Waals surface area contributed by atoms with Gasteiger partial charge in [-0.05, 0) is 56.2 Å². The molecule has 0 saturated carbocycles. The smallest absolute Gasteiger partial charge is 0.415 e. The summed E-state index contributed by atoms with van der Waals surface area (Å²) in [6, 6.07) is 15.7. The molecule has 0 aliphatic carbocycles. The molecule has 1 fully saturated rings. The third-order valence-electron chi connectivity index (χ3n) is 5.81. The maximum absolute atomic E-state index is 13.9. The molecule has 2 aromatic heterocycles. The van der Waals surface area contributed by atoms with Gasteiger partial charge in [0.05, 0.1) is 16.7 Å². The molecule has 2 aromatic carbocycles. The SMILES string of the molecule is Cc1ccc(S(=O)(=O)O)cc1.O=C(Oc1cccnc1)N1CCC(c2nnc(-c3ccccc3F)o2)CC1. The molecule has 5 rings (SSSR count). The summed E-state index contributed by atoms with van der Waals surface area (Å²) in [5, 5.41) is 8.03. The van der Waals surface area contributed by atoms with E-state index in [0.717, 1.165) is 5.56 Å². The topological polar surface area (TPSA) is 136 Å². The third-order valence-corrected chi connectivity index (χ3v) is 6.67. The lowest BCUT2D eigenvalue weighted by atomic mass is 9.97. The van der Waals surface area contributed by atoms with Crippen molar-refractivity contribution < 1.29 is 31.3 Å². The Kier molecular flexibility index (Phi) is 8.44. The minimum atomic E-state index is -4.02. The van der Waals surface area contributed by atoms with Crippen LogP contribution in [0.2, 0.25) is 0 Å². The number of hydrogen-bond donors (Lipinski definition) is 1. The molecule has 3 heterocycles. The van der Waals surface area contributed by atoms with Crippen molar-refractivity contribution in [1.82, 2.24) is 20.1 Å². The first-order valence-electron chi connectivity index (χ1n) is 11.7. The average molecular weight is 541 g/mol. The van der Waals surface area contributed by atoms with E-state index in [2.05, 4.69) is 15.2 Å². The molecular formula is C26H25FN4O6S. The first kappa shape index (κ1) is 26.9. The van der Waals surface area contributed by atoms with Crippen LogP contribution in [0.4, 0.5) is 9.18 Å². The number of carbonyl (C=O) groups is 1. The summed E-state index contributed by atoms with van der Waals surface area (Å²) < 4.78 is 54.4. The second-order valence-corrected chi connectivity index (χ2v) is 9.95. The van der Waals surface area contributed by atoms with Crippen molar-refractivity contribution in [3.8, 4) is 17.2 Å². The Morgan fingerprint density at radius 3 is 2.39 bits per heavy atom. The summed E-state index contributed by atoms with van der Waals surface area (Å²) in [6.45, 7) is 2.87. The van der Waals surface area contributed by atoms with Crippen molar-refractivity contribution in [3.63, 3.8) is 0 Å². The molecule has 0 radical (unpaired) electrons. The zero-order valence-electron chi connectivity index (χ0n) is 20.4. The molecule has 0 atom stereocenters. The van der Waals surface area contributed by atoms with Crippen molar-refractivity contribution in [2.75, 3.05) is 13.1 Å². The van der Waals surface area contributed by atoms with Gasteiger partial charge in [0.2, 0.25) is 5.89 Å². The summed E-state index contributed by atoms with van der Waals surface area (Å²) in [6.07, 6.45) is 4.04. The van der Waals surface area contributed by atoms with Gasteiger partial charge in [-0.1, -0.05) is 29.8 Å². The van der Waals surface area contributed by atoms with E-state index in [4.69, 9.17) is 13.7 Å². The summed E-state index contributed by atoms with van der Waals surface area (Å²) in [7, 11) is -4.02. The van der Waals surface area contributed by atoms with Gasteiger partial charge in [0.15, 0.2) is 5.75 Å². The number of ether oxygens (including phenoxy) is 1. The number of amides is 1. The number of aromatic nitrogens is 3. The predicted octanol–water partition coefficient (Wildman–Crippen LogP) is 4.89. The van der Waals surface area contributed by atoms with Crippen molar-refractivity contribution in [2.24, 2.45) is 0 Å². The largest absolute Gasteiger partial charge is 0.420 e. The summed E-state index contributed by atoms with van der Waals surface area (Å²) in [5.74, 6) is 0.673. The van der Waals surface area contributed by atoms with Crippen molar-refractivity contribution in [1.29, 1.82) is 0 Å². The highest BCUT2D eigenvalue weighted by Gasteiger charge is 2.28. The average Bonchev–Trinajstić information content (AvgIpc) is 3.40. The van der Waals surface area contributed by atoms with Crippen LogP contribution in [0.15, 0.2) is 82.4 Å². The van der Waals surface area contributed by atoms with E-state index in [9.17, 15) is 17.6 Å². The van der Waals surface area contributed by atoms with E-state index in [-0.39, 0.29) is 22.3 Å². The summed E-state index contributed by atoms with van der Waals surface area (Å²) in [4.78, 5) is 17.7. The second-order valence-electron chi connectivity index (χ2n) is 8.53. The molecule has 1 N–H and O–H groups in total. The van der Waals surface area contributed by atoms with Gasteiger partial charge in [-0.3, -0.25) is 9.54 Å². The third kappa shape index (κ3) is 6.99. The van der Waals surface area contributed by atoms with Gasteiger partial charge in [0.1, 0.15) is 5.82 Å². The van der Waals surface area contributed by atoms with Crippen LogP contribution in [0.1, 0.15) is 30.2 Å². The number of nitrogens with zero attached hydrogens (tertiary/aromatic N) is 4. The fourth-order valence-corrected chi connectivity index (χ4v) is 4.22. The second kappa shape index (κ2) is 11.9. The zero-order valence-corrected chi connectivity index (χ0v) is 21.2. The fraction of sp³-hybridized carbons (Fsp3) is 0.231. The van der Waals surface area contributed by atoms with E-state index in [1.807, 2.05) is 6.92 Å². The first-order chi connectivity index (χ1) is 18.2. The molecule has 0 unspecified atom stereocenters. The Bertz CT molecular complexity index is 1470.